The molecule has 3 rings (SSSR count). The first-order valence-corrected chi connectivity index (χ1v) is 7.95. The fourth-order valence-electron chi connectivity index (χ4n) is 3.28. The number of aromatic amines is 1. The molecule has 2 aromatic rings. The Balaban J connectivity index is 1.69. The summed E-state index contributed by atoms with van der Waals surface area (Å²) in [6, 6.07) is 7.95. The molecule has 1 saturated carbocycles. The van der Waals surface area contributed by atoms with Gasteiger partial charge in [-0.2, -0.15) is 0 Å². The van der Waals surface area contributed by atoms with Crippen LogP contribution < -0.4 is 10.9 Å². The standard InChI is InChI=1S/C17H23N3O/c1-12(13-7-3-2-4-8-13)18-11-16-19-15-10-6-5-9-14(15)17(21)20-16/h5-6,9-10,12-13,18H,2-4,7-8,11H2,1H3,(H,19,20,21)/t12-/m1/s1. The predicted molar refractivity (Wildman–Crippen MR) is 85.2 cm³/mol. The summed E-state index contributed by atoms with van der Waals surface area (Å²) >= 11 is 0. The summed E-state index contributed by atoms with van der Waals surface area (Å²) in [6.45, 7) is 2.87. The number of fused-ring (bicyclic) bond motifs is 1. The zero-order chi connectivity index (χ0) is 14.7. The van der Waals surface area contributed by atoms with E-state index in [1.807, 2.05) is 24.3 Å². The second kappa shape index (κ2) is 6.39. The van der Waals surface area contributed by atoms with Crippen LogP contribution in [0, 0.1) is 5.92 Å². The second-order valence-electron chi connectivity index (χ2n) is 6.10. The number of nitrogens with zero attached hydrogens (tertiary/aromatic N) is 1. The Kier molecular flexibility index (Phi) is 4.34. The highest BCUT2D eigenvalue weighted by Gasteiger charge is 2.19. The molecule has 0 bridgehead atoms. The highest BCUT2D eigenvalue weighted by atomic mass is 16.1. The average molecular weight is 285 g/mol. The third-order valence-corrected chi connectivity index (χ3v) is 4.61. The Morgan fingerprint density at radius 1 is 1.29 bits per heavy atom. The summed E-state index contributed by atoms with van der Waals surface area (Å²) in [6.07, 6.45) is 6.71. The van der Waals surface area contributed by atoms with Crippen LogP contribution in [0.5, 0.6) is 0 Å². The van der Waals surface area contributed by atoms with Gasteiger partial charge in [-0.3, -0.25) is 4.79 Å². The normalized spacial score (nSPS) is 18.0. The summed E-state index contributed by atoms with van der Waals surface area (Å²) in [5, 5.41) is 4.18. The number of aromatic nitrogens is 2. The number of H-pyrrole nitrogens is 1. The van der Waals surface area contributed by atoms with Crippen molar-refractivity contribution in [2.45, 2.75) is 51.6 Å². The van der Waals surface area contributed by atoms with Gasteiger partial charge in [0, 0.05) is 6.04 Å². The maximum Gasteiger partial charge on any atom is 0.258 e. The summed E-state index contributed by atoms with van der Waals surface area (Å²) in [4.78, 5) is 19.4. The van der Waals surface area contributed by atoms with E-state index in [1.54, 1.807) is 0 Å². The zero-order valence-corrected chi connectivity index (χ0v) is 12.6. The first-order valence-electron chi connectivity index (χ1n) is 7.95. The number of para-hydroxylation sites is 1. The molecule has 4 heteroatoms. The molecule has 2 N–H and O–H groups in total. The van der Waals surface area contributed by atoms with Crippen molar-refractivity contribution >= 4 is 10.9 Å². The van der Waals surface area contributed by atoms with Crippen molar-refractivity contribution < 1.29 is 0 Å². The van der Waals surface area contributed by atoms with Crippen LogP contribution >= 0.6 is 0 Å². The van der Waals surface area contributed by atoms with Crippen LogP contribution in [0.2, 0.25) is 0 Å². The molecule has 0 spiro atoms. The summed E-state index contributed by atoms with van der Waals surface area (Å²) in [7, 11) is 0. The lowest BCUT2D eigenvalue weighted by molar-refractivity contribution is 0.279. The summed E-state index contributed by atoms with van der Waals surface area (Å²) in [5.41, 5.74) is 0.714. The molecule has 21 heavy (non-hydrogen) atoms. The lowest BCUT2D eigenvalue weighted by Crippen LogP contribution is -2.35. The fourth-order valence-corrected chi connectivity index (χ4v) is 3.28. The van der Waals surface area contributed by atoms with Crippen molar-refractivity contribution in [2.24, 2.45) is 5.92 Å². The van der Waals surface area contributed by atoms with Crippen LogP contribution in [-0.4, -0.2) is 16.0 Å². The quantitative estimate of drug-likeness (QED) is 0.908. The van der Waals surface area contributed by atoms with Crippen molar-refractivity contribution in [1.29, 1.82) is 0 Å². The van der Waals surface area contributed by atoms with E-state index in [1.165, 1.54) is 32.1 Å². The molecule has 0 amide bonds. The maximum atomic E-state index is 12.0. The Labute approximate surface area is 125 Å². The van der Waals surface area contributed by atoms with E-state index in [2.05, 4.69) is 22.2 Å². The monoisotopic (exact) mass is 285 g/mol. The lowest BCUT2D eigenvalue weighted by atomic mass is 9.84. The Morgan fingerprint density at radius 2 is 2.05 bits per heavy atom. The van der Waals surface area contributed by atoms with Gasteiger partial charge in [0.2, 0.25) is 0 Å². The topological polar surface area (TPSA) is 57.8 Å². The molecule has 112 valence electrons. The van der Waals surface area contributed by atoms with Crippen LogP contribution in [0.4, 0.5) is 0 Å². The van der Waals surface area contributed by atoms with Crippen molar-refractivity contribution in [1.82, 2.24) is 15.3 Å². The lowest BCUT2D eigenvalue weighted by Gasteiger charge is -2.28. The van der Waals surface area contributed by atoms with Gasteiger partial charge < -0.3 is 10.3 Å². The van der Waals surface area contributed by atoms with Gasteiger partial charge in [0.05, 0.1) is 17.4 Å². The number of hydrogen-bond acceptors (Lipinski definition) is 3. The zero-order valence-electron chi connectivity index (χ0n) is 12.6. The van der Waals surface area contributed by atoms with Crippen molar-refractivity contribution in [2.75, 3.05) is 0 Å². The third kappa shape index (κ3) is 3.32. The predicted octanol–water partition coefficient (Wildman–Crippen LogP) is 2.98. The van der Waals surface area contributed by atoms with Gasteiger partial charge in [0.25, 0.3) is 5.56 Å². The molecule has 0 aliphatic heterocycles. The molecule has 1 atom stereocenters. The number of rotatable bonds is 4. The fraction of sp³-hybridized carbons (Fsp3) is 0.529. The molecule has 1 aliphatic rings. The van der Waals surface area contributed by atoms with E-state index in [-0.39, 0.29) is 5.56 Å². The molecule has 1 aliphatic carbocycles. The molecule has 1 aromatic carbocycles. The van der Waals surface area contributed by atoms with Crippen molar-refractivity contribution in [3.8, 4) is 0 Å². The average Bonchev–Trinajstić information content (AvgIpc) is 2.53. The molecule has 0 radical (unpaired) electrons. The van der Waals surface area contributed by atoms with Gasteiger partial charge in [0.15, 0.2) is 0 Å². The number of hydrogen-bond donors (Lipinski definition) is 2. The smallest absolute Gasteiger partial charge is 0.258 e. The second-order valence-corrected chi connectivity index (χ2v) is 6.10. The summed E-state index contributed by atoms with van der Waals surface area (Å²) in [5.74, 6) is 1.48. The van der Waals surface area contributed by atoms with E-state index in [0.29, 0.717) is 18.0 Å². The Hall–Kier alpha value is -1.68. The van der Waals surface area contributed by atoms with Crippen LogP contribution in [-0.2, 0) is 6.54 Å². The molecule has 1 aromatic heterocycles. The van der Waals surface area contributed by atoms with Crippen LogP contribution in [0.25, 0.3) is 10.9 Å². The molecule has 1 fully saturated rings. The van der Waals surface area contributed by atoms with Gasteiger partial charge in [0.1, 0.15) is 5.82 Å². The van der Waals surface area contributed by atoms with Gasteiger partial charge in [-0.15, -0.1) is 0 Å². The molecule has 1 heterocycles. The number of benzene rings is 1. The first kappa shape index (κ1) is 14.3. The van der Waals surface area contributed by atoms with Crippen molar-refractivity contribution in [3.05, 3.63) is 40.4 Å². The minimum Gasteiger partial charge on any atom is -0.309 e. The van der Waals surface area contributed by atoms with Crippen LogP contribution in [0.3, 0.4) is 0 Å². The highest BCUT2D eigenvalue weighted by Crippen LogP contribution is 2.26. The third-order valence-electron chi connectivity index (χ3n) is 4.61. The van der Waals surface area contributed by atoms with Crippen molar-refractivity contribution in [3.63, 3.8) is 0 Å². The molecule has 0 saturated heterocycles. The highest BCUT2D eigenvalue weighted by molar-refractivity contribution is 5.77. The SMILES string of the molecule is C[C@@H](NCc1nc2ccccc2c(=O)[nH]1)C1CCCCC1. The van der Waals surface area contributed by atoms with E-state index in [4.69, 9.17) is 0 Å². The van der Waals surface area contributed by atoms with E-state index in [9.17, 15) is 4.79 Å². The van der Waals surface area contributed by atoms with E-state index in [0.717, 1.165) is 17.3 Å². The van der Waals surface area contributed by atoms with Gasteiger partial charge in [-0.05, 0) is 37.8 Å². The molecule has 4 nitrogen and oxygen atoms in total. The number of nitrogens with one attached hydrogen (secondary N) is 2. The Bertz CT molecular complexity index is 658. The molecular formula is C17H23N3O. The molecular weight excluding hydrogens is 262 g/mol. The van der Waals surface area contributed by atoms with Gasteiger partial charge >= 0.3 is 0 Å². The van der Waals surface area contributed by atoms with E-state index >= 15 is 0 Å². The maximum absolute atomic E-state index is 12.0. The summed E-state index contributed by atoms with van der Waals surface area (Å²) < 4.78 is 0. The molecule has 0 unspecified atom stereocenters. The largest absolute Gasteiger partial charge is 0.309 e. The van der Waals surface area contributed by atoms with E-state index < -0.39 is 0 Å². The van der Waals surface area contributed by atoms with Crippen LogP contribution in [0.15, 0.2) is 29.1 Å². The minimum absolute atomic E-state index is 0.0530. The minimum atomic E-state index is -0.0530. The first-order chi connectivity index (χ1) is 10.2. The van der Waals surface area contributed by atoms with Gasteiger partial charge in [-0.25, -0.2) is 4.98 Å². The van der Waals surface area contributed by atoms with Crippen LogP contribution in [0.1, 0.15) is 44.9 Å². The Morgan fingerprint density at radius 3 is 2.86 bits per heavy atom. The van der Waals surface area contributed by atoms with Gasteiger partial charge in [-0.1, -0.05) is 31.4 Å².